The molecule has 0 unspecified atom stereocenters. The lowest BCUT2D eigenvalue weighted by Crippen LogP contribution is -2.50. The van der Waals surface area contributed by atoms with E-state index in [4.69, 9.17) is 4.74 Å². The van der Waals surface area contributed by atoms with E-state index < -0.39 is 39.4 Å². The molecule has 0 radical (unpaired) electrons. The number of hydrogen-bond acceptors (Lipinski definition) is 9. The maximum Gasteiger partial charge on any atom is 0.326 e. The zero-order valence-corrected chi connectivity index (χ0v) is 24.5. The minimum Gasteiger partial charge on any atom is -0.459 e. The molecule has 224 valence electrons. The molecule has 3 N–H and O–H groups in total. The van der Waals surface area contributed by atoms with Crippen LogP contribution in [0, 0.1) is 5.82 Å². The van der Waals surface area contributed by atoms with Gasteiger partial charge in [0, 0.05) is 43.6 Å². The molecule has 2 heterocycles. The van der Waals surface area contributed by atoms with Gasteiger partial charge in [-0.15, -0.1) is 0 Å². The van der Waals surface area contributed by atoms with E-state index in [1.165, 1.54) is 30.3 Å². The van der Waals surface area contributed by atoms with Gasteiger partial charge in [0.1, 0.15) is 17.5 Å². The topological polar surface area (TPSA) is 143 Å². The number of aromatic nitrogens is 2. The molecule has 13 heteroatoms. The van der Waals surface area contributed by atoms with Gasteiger partial charge in [-0.2, -0.15) is 4.72 Å². The van der Waals surface area contributed by atoms with Crippen LogP contribution in [-0.2, 0) is 19.6 Å². The number of anilines is 2. The third-order valence-corrected chi connectivity index (χ3v) is 7.94. The number of piperidine rings is 1. The van der Waals surface area contributed by atoms with Crippen molar-refractivity contribution in [1.82, 2.24) is 20.0 Å². The van der Waals surface area contributed by atoms with E-state index in [2.05, 4.69) is 25.3 Å². The average molecular weight is 599 g/mol. The largest absolute Gasteiger partial charge is 0.459 e. The van der Waals surface area contributed by atoms with Gasteiger partial charge in [0.05, 0.1) is 10.6 Å². The number of ether oxygens (including phenoxy) is 1. The van der Waals surface area contributed by atoms with Gasteiger partial charge in [0.25, 0.3) is 5.91 Å². The lowest BCUT2D eigenvalue weighted by atomic mass is 10.0. The molecule has 11 nitrogen and oxygen atoms in total. The number of carbonyl (C=O) groups excluding carboxylic acids is 2. The number of nitrogens with zero attached hydrogens (tertiary/aromatic N) is 3. The molecule has 1 aliphatic rings. The Balaban J connectivity index is 1.42. The smallest absolute Gasteiger partial charge is 0.326 e. The fraction of sp³-hybridized carbons (Fsp3) is 0.379. The van der Waals surface area contributed by atoms with Crippen molar-refractivity contribution in [3.8, 4) is 0 Å². The summed E-state index contributed by atoms with van der Waals surface area (Å²) in [5.74, 6) is -1.37. The van der Waals surface area contributed by atoms with Crippen LogP contribution in [0.25, 0.3) is 0 Å². The molecular formula is C29H35FN6O5S. The van der Waals surface area contributed by atoms with Gasteiger partial charge in [-0.05, 0) is 70.0 Å². The Morgan fingerprint density at radius 1 is 1.05 bits per heavy atom. The summed E-state index contributed by atoms with van der Waals surface area (Å²) in [5, 5.41) is 5.87. The molecule has 4 rings (SSSR count). The van der Waals surface area contributed by atoms with Crippen LogP contribution in [0.3, 0.4) is 0 Å². The van der Waals surface area contributed by atoms with Crippen molar-refractivity contribution in [2.75, 3.05) is 29.9 Å². The Hall–Kier alpha value is -4.10. The number of amides is 1. The summed E-state index contributed by atoms with van der Waals surface area (Å²) in [4.78, 5) is 36.2. The maximum atomic E-state index is 14.8. The zero-order valence-electron chi connectivity index (χ0n) is 23.7. The summed E-state index contributed by atoms with van der Waals surface area (Å²) in [6.45, 7) is 5.68. The Morgan fingerprint density at radius 3 is 2.36 bits per heavy atom. The molecule has 1 atom stereocenters. The predicted molar refractivity (Wildman–Crippen MR) is 156 cm³/mol. The number of nitrogens with one attached hydrogen (secondary N) is 3. The van der Waals surface area contributed by atoms with E-state index in [1.54, 1.807) is 57.4 Å². The molecule has 42 heavy (non-hydrogen) atoms. The number of rotatable bonds is 10. The number of halogens is 1. The summed E-state index contributed by atoms with van der Waals surface area (Å²) >= 11 is 0. The van der Waals surface area contributed by atoms with Crippen LogP contribution in [0.5, 0.6) is 0 Å². The molecule has 1 aliphatic heterocycles. The first-order chi connectivity index (χ1) is 19.9. The van der Waals surface area contributed by atoms with E-state index in [9.17, 15) is 22.4 Å². The predicted octanol–water partition coefficient (Wildman–Crippen LogP) is 3.12. The molecule has 1 amide bonds. The number of sulfonamides is 1. The molecule has 1 fully saturated rings. The van der Waals surface area contributed by atoms with Crippen LogP contribution in [0.15, 0.2) is 71.9 Å². The summed E-state index contributed by atoms with van der Waals surface area (Å²) in [6, 6.07) is 12.0. The minimum absolute atomic E-state index is 0.0386. The second-order valence-corrected chi connectivity index (χ2v) is 12.6. The Kier molecular flexibility index (Phi) is 9.74. The highest BCUT2D eigenvalue weighted by molar-refractivity contribution is 7.89. The average Bonchev–Trinajstić information content (AvgIpc) is 2.96. The van der Waals surface area contributed by atoms with Crippen LogP contribution in [-0.4, -0.2) is 67.6 Å². The molecule has 1 saturated heterocycles. The Labute approximate surface area is 244 Å². The number of benzene rings is 2. The van der Waals surface area contributed by atoms with Gasteiger partial charge >= 0.3 is 5.97 Å². The third-order valence-electron chi connectivity index (χ3n) is 6.45. The molecule has 0 aliphatic carbocycles. The van der Waals surface area contributed by atoms with Gasteiger partial charge in [-0.1, -0.05) is 18.2 Å². The SMILES string of the molecule is CC(C)(C)OC(=O)[C@H](CNC(=O)c1ccc(F)c(N2CCC(Nc3ncccn3)CC2)c1)NS(=O)(=O)c1ccccc1. The highest BCUT2D eigenvalue weighted by atomic mass is 32.2. The molecule has 0 bridgehead atoms. The van der Waals surface area contributed by atoms with E-state index in [0.29, 0.717) is 31.9 Å². The molecule has 0 spiro atoms. The van der Waals surface area contributed by atoms with Gasteiger partial charge in [-0.25, -0.2) is 22.8 Å². The molecule has 0 saturated carbocycles. The zero-order chi connectivity index (χ0) is 30.3. The summed E-state index contributed by atoms with van der Waals surface area (Å²) in [7, 11) is -4.10. The molecule has 2 aromatic carbocycles. The van der Waals surface area contributed by atoms with Crippen LogP contribution in [0.1, 0.15) is 44.0 Å². The number of hydrogen-bond donors (Lipinski definition) is 3. The highest BCUT2D eigenvalue weighted by Crippen LogP contribution is 2.25. The summed E-state index contributed by atoms with van der Waals surface area (Å²) in [5.41, 5.74) is -0.441. The van der Waals surface area contributed by atoms with E-state index >= 15 is 0 Å². The highest BCUT2D eigenvalue weighted by Gasteiger charge is 2.31. The van der Waals surface area contributed by atoms with Crippen LogP contribution in [0.2, 0.25) is 0 Å². The Bertz CT molecular complexity index is 1480. The molecule has 3 aromatic rings. The van der Waals surface area contributed by atoms with Crippen molar-refractivity contribution < 1.29 is 27.1 Å². The first-order valence-corrected chi connectivity index (χ1v) is 15.1. The fourth-order valence-electron chi connectivity index (χ4n) is 4.41. The quantitative estimate of drug-likeness (QED) is 0.300. The third kappa shape index (κ3) is 8.46. The van der Waals surface area contributed by atoms with Crippen molar-refractivity contribution >= 4 is 33.5 Å². The van der Waals surface area contributed by atoms with Gasteiger partial charge < -0.3 is 20.3 Å². The molecule has 1 aromatic heterocycles. The van der Waals surface area contributed by atoms with Gasteiger partial charge in [-0.3, -0.25) is 9.59 Å². The van der Waals surface area contributed by atoms with Crippen molar-refractivity contribution in [1.29, 1.82) is 0 Å². The number of carbonyl (C=O) groups is 2. The van der Waals surface area contributed by atoms with Crippen molar-refractivity contribution in [3.05, 3.63) is 78.4 Å². The fourth-order valence-corrected chi connectivity index (χ4v) is 5.62. The van der Waals surface area contributed by atoms with E-state index in [1.807, 2.05) is 4.90 Å². The lowest BCUT2D eigenvalue weighted by molar-refractivity contribution is -0.156. The second-order valence-electron chi connectivity index (χ2n) is 10.9. The Morgan fingerprint density at radius 2 is 1.71 bits per heavy atom. The standard InChI is InChI=1S/C29H35FN6O5S/c1-29(2,3)41-27(38)24(35-42(39,40)22-8-5-4-6-9-22)19-33-26(37)20-10-11-23(30)25(18-20)36-16-12-21(13-17-36)34-28-31-14-7-15-32-28/h4-11,14-15,18,21,24,35H,12-13,16-17,19H2,1-3H3,(H,33,37)(H,31,32,34)/t24-/m0/s1. The monoisotopic (exact) mass is 598 g/mol. The second kappa shape index (κ2) is 13.3. The van der Waals surface area contributed by atoms with Crippen molar-refractivity contribution in [2.24, 2.45) is 0 Å². The van der Waals surface area contributed by atoms with Crippen molar-refractivity contribution in [3.63, 3.8) is 0 Å². The van der Waals surface area contributed by atoms with Crippen LogP contribution >= 0.6 is 0 Å². The molecular weight excluding hydrogens is 563 g/mol. The summed E-state index contributed by atoms with van der Waals surface area (Å²) in [6.07, 6.45) is 4.75. The minimum atomic E-state index is -4.10. The van der Waals surface area contributed by atoms with Crippen LogP contribution in [0.4, 0.5) is 16.0 Å². The van der Waals surface area contributed by atoms with Gasteiger partial charge in [0.15, 0.2) is 0 Å². The maximum absolute atomic E-state index is 14.8. The summed E-state index contributed by atoms with van der Waals surface area (Å²) < 4.78 is 48.4. The van der Waals surface area contributed by atoms with Crippen LogP contribution < -0.4 is 20.3 Å². The lowest BCUT2D eigenvalue weighted by Gasteiger charge is -2.34. The van der Waals surface area contributed by atoms with E-state index in [0.717, 1.165) is 0 Å². The first kappa shape index (κ1) is 30.8. The van der Waals surface area contributed by atoms with Gasteiger partial charge in [0.2, 0.25) is 16.0 Å². The van der Waals surface area contributed by atoms with Crippen molar-refractivity contribution in [2.45, 2.75) is 56.2 Å². The number of esters is 1. The van der Waals surface area contributed by atoms with E-state index in [-0.39, 0.29) is 28.7 Å². The first-order valence-electron chi connectivity index (χ1n) is 13.6. The normalized spacial score (nSPS) is 15.1.